The van der Waals surface area contributed by atoms with Gasteiger partial charge in [-0.1, -0.05) is 54.1 Å². The first-order chi connectivity index (χ1) is 12.1. The highest BCUT2D eigenvalue weighted by Gasteiger charge is 2.46. The summed E-state index contributed by atoms with van der Waals surface area (Å²) in [5.74, 6) is -1.44. The third-order valence-corrected chi connectivity index (χ3v) is 5.13. The number of carbonyl (C=O) groups excluding carboxylic acids is 2. The predicted molar refractivity (Wildman–Crippen MR) is 96.4 cm³/mol. The van der Waals surface area contributed by atoms with Gasteiger partial charge in [0.2, 0.25) is 5.78 Å². The van der Waals surface area contributed by atoms with Crippen LogP contribution in [0.15, 0.2) is 72.0 Å². The molecule has 0 radical (unpaired) electrons. The normalized spacial score (nSPS) is 22.8. The maximum atomic E-state index is 12.8. The summed E-state index contributed by atoms with van der Waals surface area (Å²) in [6.45, 7) is 0. The van der Waals surface area contributed by atoms with E-state index in [9.17, 15) is 14.7 Å². The molecule has 124 valence electrons. The molecular formula is C21H15ClO3. The highest BCUT2D eigenvalue weighted by Crippen LogP contribution is 2.49. The Morgan fingerprint density at radius 2 is 1.64 bits per heavy atom. The number of aliphatic hydroxyl groups is 1. The fraction of sp³-hybridized carbons (Fsp3) is 0.143. The van der Waals surface area contributed by atoms with Gasteiger partial charge in [0.25, 0.3) is 0 Å². The van der Waals surface area contributed by atoms with Crippen molar-refractivity contribution in [2.75, 3.05) is 0 Å². The van der Waals surface area contributed by atoms with Crippen molar-refractivity contribution < 1.29 is 14.7 Å². The van der Waals surface area contributed by atoms with Crippen LogP contribution in [-0.4, -0.2) is 16.7 Å². The summed E-state index contributed by atoms with van der Waals surface area (Å²) in [5, 5.41) is 11.1. The summed E-state index contributed by atoms with van der Waals surface area (Å²) in [5.41, 5.74) is 2.71. The Balaban J connectivity index is 1.82. The molecule has 2 aliphatic rings. The van der Waals surface area contributed by atoms with Crippen LogP contribution in [-0.2, 0) is 9.59 Å². The zero-order valence-electron chi connectivity index (χ0n) is 13.3. The molecule has 0 amide bonds. The lowest BCUT2D eigenvalue weighted by Crippen LogP contribution is -2.26. The number of rotatable bonds is 2. The third kappa shape index (κ3) is 2.61. The van der Waals surface area contributed by atoms with Crippen LogP contribution in [0, 0.1) is 5.92 Å². The van der Waals surface area contributed by atoms with E-state index in [1.807, 2.05) is 42.5 Å². The van der Waals surface area contributed by atoms with Gasteiger partial charge in [-0.2, -0.15) is 0 Å². The fourth-order valence-corrected chi connectivity index (χ4v) is 3.89. The van der Waals surface area contributed by atoms with Crippen LogP contribution >= 0.6 is 11.6 Å². The highest BCUT2D eigenvalue weighted by molar-refractivity contribution is 6.30. The molecule has 0 saturated carbocycles. The van der Waals surface area contributed by atoms with Crippen molar-refractivity contribution in [1.29, 1.82) is 0 Å². The lowest BCUT2D eigenvalue weighted by molar-refractivity contribution is -0.121. The predicted octanol–water partition coefficient (Wildman–Crippen LogP) is 4.49. The van der Waals surface area contributed by atoms with Crippen molar-refractivity contribution in [3.05, 3.63) is 88.2 Å². The molecule has 0 heterocycles. The number of allylic oxidation sites excluding steroid dienone is 4. The Morgan fingerprint density at radius 1 is 0.960 bits per heavy atom. The molecule has 0 saturated heterocycles. The number of fused-ring (bicyclic) bond motifs is 1. The van der Waals surface area contributed by atoms with E-state index in [0.717, 1.165) is 11.1 Å². The van der Waals surface area contributed by atoms with Crippen molar-refractivity contribution in [1.82, 2.24) is 0 Å². The molecule has 0 aliphatic heterocycles. The van der Waals surface area contributed by atoms with Crippen LogP contribution in [0.1, 0.15) is 23.5 Å². The van der Waals surface area contributed by atoms with Gasteiger partial charge >= 0.3 is 0 Å². The topological polar surface area (TPSA) is 54.4 Å². The van der Waals surface area contributed by atoms with Crippen molar-refractivity contribution in [2.45, 2.75) is 12.3 Å². The quantitative estimate of drug-likeness (QED) is 0.868. The van der Waals surface area contributed by atoms with Crippen LogP contribution < -0.4 is 0 Å². The lowest BCUT2D eigenvalue weighted by Gasteiger charge is -2.28. The molecule has 4 rings (SSSR count). The Bertz CT molecular complexity index is 923. The van der Waals surface area contributed by atoms with Gasteiger partial charge in [0, 0.05) is 22.9 Å². The molecule has 3 nitrogen and oxygen atoms in total. The monoisotopic (exact) mass is 350 g/mol. The summed E-state index contributed by atoms with van der Waals surface area (Å²) in [4.78, 5) is 25.1. The zero-order valence-corrected chi connectivity index (χ0v) is 14.0. The number of Topliss-reactive ketones (excluding diaryl/α,β-unsaturated/α-hetero) is 1. The molecular weight excluding hydrogens is 336 g/mol. The number of hydrogen-bond acceptors (Lipinski definition) is 3. The van der Waals surface area contributed by atoms with Crippen LogP contribution in [0.25, 0.3) is 5.57 Å². The number of halogens is 1. The number of benzene rings is 2. The average molecular weight is 351 g/mol. The second kappa shape index (κ2) is 6.01. The molecule has 0 bridgehead atoms. The van der Waals surface area contributed by atoms with Crippen LogP contribution in [0.5, 0.6) is 0 Å². The fourth-order valence-electron chi connectivity index (χ4n) is 3.76. The lowest BCUT2D eigenvalue weighted by atomic mass is 9.73. The van der Waals surface area contributed by atoms with Crippen molar-refractivity contribution >= 4 is 28.7 Å². The van der Waals surface area contributed by atoms with Gasteiger partial charge < -0.3 is 5.11 Å². The molecule has 2 aromatic rings. The van der Waals surface area contributed by atoms with E-state index in [1.54, 1.807) is 12.1 Å². The van der Waals surface area contributed by atoms with Gasteiger partial charge in [0.15, 0.2) is 11.5 Å². The molecule has 2 unspecified atom stereocenters. The number of carbonyl (C=O) groups is 2. The molecule has 0 spiro atoms. The summed E-state index contributed by atoms with van der Waals surface area (Å²) < 4.78 is 0. The van der Waals surface area contributed by atoms with E-state index < -0.39 is 5.92 Å². The Kier molecular flexibility index (Phi) is 3.81. The van der Waals surface area contributed by atoms with Gasteiger partial charge in [-0.15, -0.1) is 0 Å². The molecule has 0 aromatic heterocycles. The number of aliphatic hydroxyl groups excluding tert-OH is 1. The van der Waals surface area contributed by atoms with E-state index >= 15 is 0 Å². The zero-order chi connectivity index (χ0) is 17.6. The van der Waals surface area contributed by atoms with Gasteiger partial charge in [0.05, 0.1) is 5.92 Å². The minimum atomic E-state index is -0.533. The van der Waals surface area contributed by atoms with E-state index in [-0.39, 0.29) is 29.7 Å². The van der Waals surface area contributed by atoms with Crippen LogP contribution in [0.3, 0.4) is 0 Å². The SMILES string of the molecule is O=C1C=C2C(c3ccccc3)=C(O)C(=O)C2C(c2ccc(Cl)cc2)C1. The Hall–Kier alpha value is -2.65. The number of ketones is 2. The van der Waals surface area contributed by atoms with Crippen molar-refractivity contribution in [3.8, 4) is 0 Å². The second-order valence-electron chi connectivity index (χ2n) is 6.36. The molecule has 4 heteroatoms. The maximum Gasteiger partial charge on any atom is 0.205 e. The van der Waals surface area contributed by atoms with Gasteiger partial charge in [0.1, 0.15) is 0 Å². The first kappa shape index (κ1) is 15.9. The molecule has 2 aliphatic carbocycles. The average Bonchev–Trinajstić information content (AvgIpc) is 2.86. The van der Waals surface area contributed by atoms with E-state index in [1.165, 1.54) is 6.08 Å². The highest BCUT2D eigenvalue weighted by atomic mass is 35.5. The first-order valence-electron chi connectivity index (χ1n) is 8.09. The van der Waals surface area contributed by atoms with E-state index in [2.05, 4.69) is 0 Å². The van der Waals surface area contributed by atoms with Crippen LogP contribution in [0.2, 0.25) is 5.02 Å². The van der Waals surface area contributed by atoms with Crippen molar-refractivity contribution in [2.24, 2.45) is 5.92 Å². The van der Waals surface area contributed by atoms with E-state index in [4.69, 9.17) is 11.6 Å². The summed E-state index contributed by atoms with van der Waals surface area (Å²) >= 11 is 5.95. The maximum absolute atomic E-state index is 12.8. The first-order valence-corrected chi connectivity index (χ1v) is 8.47. The van der Waals surface area contributed by atoms with Gasteiger partial charge in [-0.05, 0) is 34.9 Å². The number of hydrogen-bond donors (Lipinski definition) is 1. The third-order valence-electron chi connectivity index (χ3n) is 4.88. The minimum absolute atomic E-state index is 0.0397. The molecule has 2 atom stereocenters. The van der Waals surface area contributed by atoms with Crippen molar-refractivity contribution in [3.63, 3.8) is 0 Å². The summed E-state index contributed by atoms with van der Waals surface area (Å²) in [7, 11) is 0. The molecule has 0 fully saturated rings. The molecule has 25 heavy (non-hydrogen) atoms. The Morgan fingerprint density at radius 3 is 2.32 bits per heavy atom. The molecule has 1 N–H and O–H groups in total. The second-order valence-corrected chi connectivity index (χ2v) is 6.80. The smallest absolute Gasteiger partial charge is 0.205 e. The Labute approximate surface area is 150 Å². The van der Waals surface area contributed by atoms with Gasteiger partial charge in [-0.25, -0.2) is 0 Å². The largest absolute Gasteiger partial charge is 0.504 e. The minimum Gasteiger partial charge on any atom is -0.504 e. The van der Waals surface area contributed by atoms with Gasteiger partial charge in [-0.3, -0.25) is 9.59 Å². The standard InChI is InChI=1S/C21H15ClO3/c22-14-8-6-12(7-9-14)16-10-15(23)11-17-18(13-4-2-1-3-5-13)20(24)21(25)19(16)17/h1-9,11,16,19,24H,10H2. The summed E-state index contributed by atoms with van der Waals surface area (Å²) in [6.07, 6.45) is 1.76. The summed E-state index contributed by atoms with van der Waals surface area (Å²) in [6, 6.07) is 16.4. The van der Waals surface area contributed by atoms with Crippen LogP contribution in [0.4, 0.5) is 0 Å². The van der Waals surface area contributed by atoms with E-state index in [0.29, 0.717) is 16.2 Å². The molecule has 2 aromatic carbocycles.